The van der Waals surface area contributed by atoms with Gasteiger partial charge in [-0.15, -0.1) is 0 Å². The summed E-state index contributed by atoms with van der Waals surface area (Å²) < 4.78 is 29.8. The Morgan fingerprint density at radius 1 is 1.11 bits per heavy atom. The number of nitrogens with zero attached hydrogens (tertiary/aromatic N) is 1. The molecular formula is C28H32FNO5. The predicted octanol–water partition coefficient (Wildman–Crippen LogP) is 4.98. The molecule has 1 aromatic heterocycles. The number of hydrogen-bond donors (Lipinski definition) is 2. The predicted molar refractivity (Wildman–Crippen MR) is 131 cm³/mol. The summed E-state index contributed by atoms with van der Waals surface area (Å²) in [5.41, 5.74) is 5.52. The van der Waals surface area contributed by atoms with E-state index in [1.807, 2.05) is 43.3 Å². The lowest BCUT2D eigenvalue weighted by Crippen LogP contribution is -2.19. The third-order valence-corrected chi connectivity index (χ3v) is 6.15. The zero-order valence-electron chi connectivity index (χ0n) is 19.9. The first kappa shape index (κ1) is 25.1. The van der Waals surface area contributed by atoms with E-state index in [-0.39, 0.29) is 25.4 Å². The number of pyridine rings is 1. The highest BCUT2D eigenvalue weighted by Gasteiger charge is 2.26. The van der Waals surface area contributed by atoms with E-state index in [4.69, 9.17) is 14.2 Å². The van der Waals surface area contributed by atoms with Gasteiger partial charge in [0, 0.05) is 37.5 Å². The van der Waals surface area contributed by atoms with E-state index >= 15 is 0 Å². The molecule has 0 amide bonds. The summed E-state index contributed by atoms with van der Waals surface area (Å²) in [6.45, 7) is 1.65. The zero-order valence-corrected chi connectivity index (χ0v) is 19.9. The molecule has 1 aliphatic rings. The van der Waals surface area contributed by atoms with E-state index in [1.165, 1.54) is 11.1 Å². The van der Waals surface area contributed by atoms with Crippen molar-refractivity contribution in [2.75, 3.05) is 26.5 Å². The molecule has 0 radical (unpaired) electrons. The first-order valence-electron chi connectivity index (χ1n) is 12.1. The van der Waals surface area contributed by atoms with Crippen LogP contribution in [0.1, 0.15) is 48.7 Å². The molecule has 0 aliphatic heterocycles. The molecule has 0 saturated heterocycles. The highest BCUT2D eigenvalue weighted by atomic mass is 19.1. The fourth-order valence-corrected chi connectivity index (χ4v) is 4.45. The molecular weight excluding hydrogens is 449 g/mol. The smallest absolute Gasteiger partial charge is 0.213 e. The van der Waals surface area contributed by atoms with Gasteiger partial charge in [-0.1, -0.05) is 30.3 Å². The van der Waals surface area contributed by atoms with Crippen molar-refractivity contribution in [1.82, 2.24) is 4.98 Å². The van der Waals surface area contributed by atoms with E-state index in [1.54, 1.807) is 12.3 Å². The highest BCUT2D eigenvalue weighted by Crippen LogP contribution is 2.40. The standard InChI is InChI=1S/C28H32FNO5/c1-2-33-26(14-15-31)19-6-9-22(10-7-19)35-27-12-11-24-23(4-3-5-25(24)27)20-8-13-28(30-17-20)34-18-21(32)16-29/h3-10,13,17,21,26-27,31-32H,2,11-12,14-16,18H2,1H3/t21-,26+,27-/m1/s1. The van der Waals surface area contributed by atoms with Crippen LogP contribution in [0.25, 0.3) is 11.1 Å². The van der Waals surface area contributed by atoms with Gasteiger partial charge in [-0.3, -0.25) is 0 Å². The summed E-state index contributed by atoms with van der Waals surface area (Å²) >= 11 is 0. The Bertz CT molecular complexity index is 1070. The van der Waals surface area contributed by atoms with E-state index in [9.17, 15) is 14.6 Å². The Morgan fingerprint density at radius 3 is 2.63 bits per heavy atom. The van der Waals surface area contributed by atoms with Gasteiger partial charge >= 0.3 is 0 Å². The monoisotopic (exact) mass is 481 g/mol. The molecule has 0 fully saturated rings. The summed E-state index contributed by atoms with van der Waals surface area (Å²) in [4.78, 5) is 4.31. The molecule has 35 heavy (non-hydrogen) atoms. The number of aliphatic hydroxyl groups excluding tert-OH is 2. The maximum Gasteiger partial charge on any atom is 0.213 e. The molecule has 3 atom stereocenters. The number of rotatable bonds is 12. The number of fused-ring (bicyclic) bond motifs is 1. The number of halogens is 1. The summed E-state index contributed by atoms with van der Waals surface area (Å²) in [6, 6.07) is 17.8. The van der Waals surface area contributed by atoms with E-state index in [0.717, 1.165) is 35.3 Å². The number of alkyl halides is 1. The number of benzene rings is 2. The maximum atomic E-state index is 12.4. The first-order valence-corrected chi connectivity index (χ1v) is 12.1. The molecule has 0 unspecified atom stereocenters. The number of aliphatic hydroxyl groups is 2. The van der Waals surface area contributed by atoms with Gasteiger partial charge in [0.05, 0.1) is 6.10 Å². The van der Waals surface area contributed by atoms with Gasteiger partial charge in [-0.25, -0.2) is 9.37 Å². The fraction of sp³-hybridized carbons (Fsp3) is 0.393. The average molecular weight is 482 g/mol. The number of ether oxygens (including phenoxy) is 3. The molecule has 0 spiro atoms. The third-order valence-electron chi connectivity index (χ3n) is 6.15. The van der Waals surface area contributed by atoms with Crippen LogP contribution in [0.4, 0.5) is 4.39 Å². The topological polar surface area (TPSA) is 81.0 Å². The summed E-state index contributed by atoms with van der Waals surface area (Å²) in [7, 11) is 0. The highest BCUT2D eigenvalue weighted by molar-refractivity contribution is 5.69. The molecule has 186 valence electrons. The van der Waals surface area contributed by atoms with Crippen LogP contribution in [0.15, 0.2) is 60.8 Å². The lowest BCUT2D eigenvalue weighted by atomic mass is 9.98. The van der Waals surface area contributed by atoms with Crippen molar-refractivity contribution in [1.29, 1.82) is 0 Å². The van der Waals surface area contributed by atoms with Crippen LogP contribution in [0.2, 0.25) is 0 Å². The zero-order chi connectivity index (χ0) is 24.6. The molecule has 2 N–H and O–H groups in total. The number of aromatic nitrogens is 1. The molecule has 6 nitrogen and oxygen atoms in total. The largest absolute Gasteiger partial charge is 0.486 e. The molecule has 3 aromatic rings. The average Bonchev–Trinajstić information content (AvgIpc) is 3.31. The van der Waals surface area contributed by atoms with Gasteiger partial charge in [0.1, 0.15) is 31.2 Å². The molecule has 0 bridgehead atoms. The lowest BCUT2D eigenvalue weighted by Gasteiger charge is -2.19. The lowest BCUT2D eigenvalue weighted by molar-refractivity contribution is 0.0431. The quantitative estimate of drug-likeness (QED) is 0.380. The Balaban J connectivity index is 1.45. The maximum absolute atomic E-state index is 12.4. The first-order chi connectivity index (χ1) is 17.1. The van der Waals surface area contributed by atoms with Crippen molar-refractivity contribution < 1.29 is 28.8 Å². The van der Waals surface area contributed by atoms with Crippen molar-refractivity contribution in [2.45, 2.75) is 44.5 Å². The van der Waals surface area contributed by atoms with Crippen molar-refractivity contribution >= 4 is 0 Å². The molecule has 2 aromatic carbocycles. The van der Waals surface area contributed by atoms with Crippen molar-refractivity contribution in [2.24, 2.45) is 0 Å². The number of hydrogen-bond acceptors (Lipinski definition) is 6. The Hall–Kier alpha value is -3.00. The Labute approximate surface area is 205 Å². The SMILES string of the molecule is CCO[C@@H](CCO)c1ccc(O[C@@H]2CCc3c(-c4ccc(OC[C@H](O)CF)nc4)cccc32)cc1. The minimum atomic E-state index is -1.14. The van der Waals surface area contributed by atoms with Gasteiger partial charge in [0.25, 0.3) is 0 Å². The van der Waals surface area contributed by atoms with Crippen molar-refractivity contribution in [3.05, 3.63) is 77.5 Å². The molecule has 1 aliphatic carbocycles. The fourth-order valence-electron chi connectivity index (χ4n) is 4.45. The summed E-state index contributed by atoms with van der Waals surface area (Å²) in [6.07, 6.45) is 2.79. The van der Waals surface area contributed by atoms with Crippen molar-refractivity contribution in [3.8, 4) is 22.8 Å². The van der Waals surface area contributed by atoms with Crippen LogP contribution < -0.4 is 9.47 Å². The molecule has 0 saturated carbocycles. The second-order valence-corrected chi connectivity index (χ2v) is 8.55. The summed E-state index contributed by atoms with van der Waals surface area (Å²) in [5, 5.41) is 18.6. The van der Waals surface area contributed by atoms with Crippen LogP contribution >= 0.6 is 0 Å². The second-order valence-electron chi connectivity index (χ2n) is 8.55. The molecule has 7 heteroatoms. The van der Waals surface area contributed by atoms with Gasteiger partial charge in [0.2, 0.25) is 5.88 Å². The van der Waals surface area contributed by atoms with E-state index in [2.05, 4.69) is 17.1 Å². The molecule has 4 rings (SSSR count). The van der Waals surface area contributed by atoms with E-state index in [0.29, 0.717) is 18.9 Å². The second kappa shape index (κ2) is 12.1. The molecule has 1 heterocycles. The van der Waals surface area contributed by atoms with Gasteiger partial charge in [-0.05, 0) is 60.2 Å². The minimum Gasteiger partial charge on any atom is -0.486 e. The third kappa shape index (κ3) is 6.17. The van der Waals surface area contributed by atoms with E-state index < -0.39 is 12.8 Å². The Kier molecular flexibility index (Phi) is 8.69. The summed E-state index contributed by atoms with van der Waals surface area (Å²) in [5.74, 6) is 1.15. The van der Waals surface area contributed by atoms with Crippen LogP contribution in [0, 0.1) is 0 Å². The van der Waals surface area contributed by atoms with Crippen molar-refractivity contribution in [3.63, 3.8) is 0 Å². The van der Waals surface area contributed by atoms with Gasteiger partial charge < -0.3 is 24.4 Å². The van der Waals surface area contributed by atoms with Crippen LogP contribution in [-0.2, 0) is 11.2 Å². The van der Waals surface area contributed by atoms with Crippen LogP contribution in [0.3, 0.4) is 0 Å². The normalized spacial score (nSPS) is 16.5. The van der Waals surface area contributed by atoms with Gasteiger partial charge in [-0.2, -0.15) is 0 Å². The van der Waals surface area contributed by atoms with Crippen LogP contribution in [0.5, 0.6) is 11.6 Å². The minimum absolute atomic E-state index is 0.0336. The Morgan fingerprint density at radius 2 is 1.94 bits per heavy atom. The van der Waals surface area contributed by atoms with Crippen LogP contribution in [-0.4, -0.2) is 47.8 Å². The van der Waals surface area contributed by atoms with Gasteiger partial charge in [0.15, 0.2) is 0 Å².